The summed E-state index contributed by atoms with van der Waals surface area (Å²) in [5.41, 5.74) is 11.1. The number of nitrogens with two attached hydrogens (primary N) is 1. The number of aromatic amines is 1. The zero-order chi connectivity index (χ0) is 21.8. The molecule has 6 nitrogen and oxygen atoms in total. The molecule has 31 heavy (non-hydrogen) atoms. The van der Waals surface area contributed by atoms with E-state index in [2.05, 4.69) is 69.2 Å². The second kappa shape index (κ2) is 9.71. The van der Waals surface area contributed by atoms with E-state index < -0.39 is 0 Å². The van der Waals surface area contributed by atoms with Crippen molar-refractivity contribution in [2.75, 3.05) is 30.3 Å². The number of rotatable bonds is 7. The van der Waals surface area contributed by atoms with Gasteiger partial charge in [-0.2, -0.15) is 4.98 Å². The van der Waals surface area contributed by atoms with Gasteiger partial charge in [0.15, 0.2) is 0 Å². The highest BCUT2D eigenvalue weighted by atomic mass is 35.5. The third kappa shape index (κ3) is 5.57. The first-order chi connectivity index (χ1) is 15.0. The first-order valence-corrected chi connectivity index (χ1v) is 11.3. The predicted molar refractivity (Wildman–Crippen MR) is 128 cm³/mol. The van der Waals surface area contributed by atoms with Gasteiger partial charge in [-0.3, -0.25) is 4.90 Å². The van der Waals surface area contributed by atoms with Gasteiger partial charge in [-0.05, 0) is 67.5 Å². The molecule has 0 aliphatic carbocycles. The van der Waals surface area contributed by atoms with Gasteiger partial charge in [0, 0.05) is 37.2 Å². The number of hydrogen-bond donors (Lipinski definition) is 2. The Balaban J connectivity index is 1.44. The van der Waals surface area contributed by atoms with Gasteiger partial charge in [0.2, 0.25) is 11.9 Å². The molecule has 3 aromatic rings. The van der Waals surface area contributed by atoms with Gasteiger partial charge < -0.3 is 10.6 Å². The van der Waals surface area contributed by atoms with E-state index in [1.165, 1.54) is 22.3 Å². The van der Waals surface area contributed by atoms with Crippen LogP contribution in [0, 0.1) is 13.8 Å². The van der Waals surface area contributed by atoms with Crippen molar-refractivity contribution in [3.63, 3.8) is 0 Å². The highest BCUT2D eigenvalue weighted by molar-refractivity contribution is 6.30. The van der Waals surface area contributed by atoms with E-state index in [9.17, 15) is 0 Å². The number of anilines is 2. The number of aromatic nitrogens is 3. The van der Waals surface area contributed by atoms with Gasteiger partial charge in [0.25, 0.3) is 0 Å². The summed E-state index contributed by atoms with van der Waals surface area (Å²) in [7, 11) is 0. The molecule has 1 aliphatic rings. The summed E-state index contributed by atoms with van der Waals surface area (Å²) in [5, 5.41) is 7.75. The fourth-order valence-corrected chi connectivity index (χ4v) is 4.41. The lowest BCUT2D eigenvalue weighted by Gasteiger charge is -2.38. The van der Waals surface area contributed by atoms with Crippen LogP contribution in [0.4, 0.5) is 11.9 Å². The largest absolute Gasteiger partial charge is 0.368 e. The lowest BCUT2D eigenvalue weighted by atomic mass is 10.00. The van der Waals surface area contributed by atoms with Crippen LogP contribution in [0.3, 0.4) is 0 Å². The van der Waals surface area contributed by atoms with Crippen LogP contribution in [0.5, 0.6) is 0 Å². The quantitative estimate of drug-likeness (QED) is 0.572. The average Bonchev–Trinajstić information content (AvgIpc) is 3.21. The van der Waals surface area contributed by atoms with Crippen molar-refractivity contribution in [1.82, 2.24) is 20.1 Å². The molecule has 1 aromatic heterocycles. The van der Waals surface area contributed by atoms with E-state index in [0.717, 1.165) is 50.5 Å². The molecule has 0 unspecified atom stereocenters. The smallest absolute Gasteiger partial charge is 0.246 e. The first kappa shape index (κ1) is 21.7. The van der Waals surface area contributed by atoms with E-state index in [4.69, 9.17) is 17.3 Å². The van der Waals surface area contributed by atoms with E-state index in [0.29, 0.717) is 17.9 Å². The predicted octanol–water partition coefficient (Wildman–Crippen LogP) is 4.37. The molecule has 1 saturated heterocycles. The van der Waals surface area contributed by atoms with Crippen LogP contribution in [-0.4, -0.2) is 45.8 Å². The molecular weight excluding hydrogens is 408 g/mol. The van der Waals surface area contributed by atoms with Gasteiger partial charge in [-0.15, -0.1) is 5.10 Å². The molecule has 3 N–H and O–H groups in total. The molecule has 7 heteroatoms. The summed E-state index contributed by atoms with van der Waals surface area (Å²) in [6.45, 7) is 8.22. The zero-order valence-electron chi connectivity index (χ0n) is 18.3. The average molecular weight is 439 g/mol. The van der Waals surface area contributed by atoms with Crippen molar-refractivity contribution in [3.05, 3.63) is 69.7 Å². The first-order valence-electron chi connectivity index (χ1n) is 11.0. The molecule has 0 radical (unpaired) electrons. The molecule has 0 atom stereocenters. The van der Waals surface area contributed by atoms with Crippen LogP contribution in [0.25, 0.3) is 0 Å². The minimum atomic E-state index is 0.372. The number of benzene rings is 2. The van der Waals surface area contributed by atoms with Gasteiger partial charge in [-0.25, -0.2) is 5.10 Å². The molecule has 2 heterocycles. The molecular formula is C24H31ClN6. The van der Waals surface area contributed by atoms with Gasteiger partial charge in [0.1, 0.15) is 0 Å². The molecule has 4 rings (SSSR count). The minimum Gasteiger partial charge on any atom is -0.368 e. The monoisotopic (exact) mass is 438 g/mol. The number of aryl methyl sites for hydroxylation is 2. The topological polar surface area (TPSA) is 74.1 Å². The number of halogens is 1. The van der Waals surface area contributed by atoms with E-state index >= 15 is 0 Å². The van der Waals surface area contributed by atoms with Crippen molar-refractivity contribution in [3.8, 4) is 0 Å². The maximum atomic E-state index is 6.06. The van der Waals surface area contributed by atoms with Crippen LogP contribution in [0.2, 0.25) is 5.02 Å². The Morgan fingerprint density at radius 3 is 2.42 bits per heavy atom. The number of nitrogens with zero attached hydrogens (tertiary/aromatic N) is 4. The van der Waals surface area contributed by atoms with Crippen molar-refractivity contribution >= 4 is 23.5 Å². The van der Waals surface area contributed by atoms with Crippen molar-refractivity contribution in [2.24, 2.45) is 0 Å². The summed E-state index contributed by atoms with van der Waals surface area (Å²) < 4.78 is 0. The highest BCUT2D eigenvalue weighted by Crippen LogP contribution is 2.23. The van der Waals surface area contributed by atoms with Crippen molar-refractivity contribution < 1.29 is 0 Å². The van der Waals surface area contributed by atoms with Gasteiger partial charge in [-0.1, -0.05) is 41.9 Å². The van der Waals surface area contributed by atoms with E-state index in [1.54, 1.807) is 0 Å². The third-order valence-corrected chi connectivity index (χ3v) is 6.56. The van der Waals surface area contributed by atoms with Crippen LogP contribution in [0.1, 0.15) is 35.1 Å². The molecule has 0 spiro atoms. The number of nitrogen functional groups attached to an aromatic ring is 1. The summed E-state index contributed by atoms with van der Waals surface area (Å²) >= 11 is 6.06. The van der Waals surface area contributed by atoms with Crippen LogP contribution in [-0.2, 0) is 13.0 Å². The summed E-state index contributed by atoms with van der Waals surface area (Å²) in [4.78, 5) is 9.15. The Morgan fingerprint density at radius 2 is 1.77 bits per heavy atom. The normalized spacial score (nSPS) is 15.0. The minimum absolute atomic E-state index is 0.372. The highest BCUT2D eigenvalue weighted by Gasteiger charge is 2.26. The van der Waals surface area contributed by atoms with Crippen LogP contribution >= 0.6 is 11.6 Å². The molecule has 2 aromatic carbocycles. The third-order valence-electron chi connectivity index (χ3n) is 6.31. The maximum Gasteiger partial charge on any atom is 0.246 e. The molecule has 0 saturated carbocycles. The lowest BCUT2D eigenvalue weighted by molar-refractivity contribution is 0.162. The molecule has 164 valence electrons. The summed E-state index contributed by atoms with van der Waals surface area (Å²) in [6, 6.07) is 15.6. The Morgan fingerprint density at radius 1 is 1.06 bits per heavy atom. The molecule has 1 aliphatic heterocycles. The second-order valence-corrected chi connectivity index (χ2v) is 8.94. The Hall–Kier alpha value is -2.57. The van der Waals surface area contributed by atoms with Gasteiger partial charge >= 0.3 is 0 Å². The zero-order valence-corrected chi connectivity index (χ0v) is 19.1. The van der Waals surface area contributed by atoms with E-state index in [1.807, 2.05) is 12.1 Å². The second-order valence-electron chi connectivity index (χ2n) is 8.50. The number of piperidine rings is 1. The fraction of sp³-hybridized carbons (Fsp3) is 0.417. The summed E-state index contributed by atoms with van der Waals surface area (Å²) in [5.74, 6) is 1.08. The number of H-pyrrole nitrogens is 1. The van der Waals surface area contributed by atoms with Crippen molar-refractivity contribution in [1.29, 1.82) is 0 Å². The Labute approximate surface area is 189 Å². The summed E-state index contributed by atoms with van der Waals surface area (Å²) in [6.07, 6.45) is 3.18. The number of nitrogens with one attached hydrogen (secondary N) is 1. The standard InChI is InChI=1S/C24H31ClN6/c1-17-3-4-20(15-18(17)2)16-31(12-9-19-5-7-21(25)8-6-19)22-10-13-30(14-11-22)24-27-23(26)28-29-24/h3-8,15,22H,9-14,16H2,1-2H3,(H3,26,27,28,29). The van der Waals surface area contributed by atoms with Gasteiger partial charge in [0.05, 0.1) is 0 Å². The lowest BCUT2D eigenvalue weighted by Crippen LogP contribution is -2.45. The molecule has 1 fully saturated rings. The number of hydrogen-bond acceptors (Lipinski definition) is 5. The van der Waals surface area contributed by atoms with Crippen LogP contribution in [0.15, 0.2) is 42.5 Å². The SMILES string of the molecule is Cc1ccc(CN(CCc2ccc(Cl)cc2)C2CCN(c3n[nH]c(N)n3)CC2)cc1C. The maximum absolute atomic E-state index is 6.06. The van der Waals surface area contributed by atoms with Crippen molar-refractivity contribution in [2.45, 2.75) is 45.7 Å². The van der Waals surface area contributed by atoms with Crippen LogP contribution < -0.4 is 10.6 Å². The van der Waals surface area contributed by atoms with E-state index in [-0.39, 0.29) is 0 Å². The molecule has 0 amide bonds. The Kier molecular flexibility index (Phi) is 6.78. The Bertz CT molecular complexity index is 992. The fourth-order valence-electron chi connectivity index (χ4n) is 4.29. The molecule has 0 bridgehead atoms.